The SMILES string of the molecule is CCCCN(CCCC)C(=O)CN1CC(c2ccc3c(c2)OCO3)C(C(=O)O)C1CCN1Cc2ccccc2C1=O. The Morgan fingerprint density at radius 3 is 2.46 bits per heavy atom. The van der Waals surface area contributed by atoms with Crippen LogP contribution in [0.1, 0.15) is 73.4 Å². The quantitative estimate of drug-likeness (QED) is 0.387. The lowest BCUT2D eigenvalue weighted by Crippen LogP contribution is -2.45. The van der Waals surface area contributed by atoms with Crippen molar-refractivity contribution >= 4 is 17.8 Å². The van der Waals surface area contributed by atoms with Crippen molar-refractivity contribution in [2.75, 3.05) is 39.5 Å². The number of fused-ring (bicyclic) bond motifs is 2. The third kappa shape index (κ3) is 6.20. The van der Waals surface area contributed by atoms with E-state index in [-0.39, 0.29) is 31.1 Å². The summed E-state index contributed by atoms with van der Waals surface area (Å²) in [7, 11) is 0. The molecule has 1 fully saturated rings. The van der Waals surface area contributed by atoms with Gasteiger partial charge < -0.3 is 24.4 Å². The molecule has 2 aromatic rings. The molecule has 2 aromatic carbocycles. The van der Waals surface area contributed by atoms with Crippen molar-refractivity contribution in [1.82, 2.24) is 14.7 Å². The Morgan fingerprint density at radius 2 is 1.76 bits per heavy atom. The molecule has 9 heteroatoms. The Kier molecular flexibility index (Phi) is 9.12. The number of carboxylic acids is 1. The lowest BCUT2D eigenvalue weighted by Gasteiger charge is -2.30. The zero-order valence-corrected chi connectivity index (χ0v) is 24.1. The van der Waals surface area contributed by atoms with Crippen LogP contribution in [0.3, 0.4) is 0 Å². The fraction of sp³-hybridized carbons (Fsp3) is 0.531. The first-order valence-electron chi connectivity index (χ1n) is 14.9. The van der Waals surface area contributed by atoms with Gasteiger partial charge in [0, 0.05) is 50.2 Å². The molecule has 3 atom stereocenters. The molecule has 3 aliphatic rings. The third-order valence-electron chi connectivity index (χ3n) is 8.70. The topological polar surface area (TPSA) is 99.6 Å². The molecular formula is C32H41N3O6. The standard InChI is InChI=1S/C32H41N3O6/c1-3-5-14-33(15-6-4-2)29(36)20-35-19-25(22-11-12-27-28(17-22)41-21-40-27)30(32(38)39)26(35)13-16-34-18-23-9-7-8-10-24(23)31(34)37/h7-12,17,25-26,30H,3-6,13-16,18-21H2,1-2H3,(H,38,39). The number of ether oxygens (including phenoxy) is 2. The van der Waals surface area contributed by atoms with Crippen LogP contribution in [-0.2, 0) is 16.1 Å². The Hall–Kier alpha value is -3.59. The highest BCUT2D eigenvalue weighted by Crippen LogP contribution is 2.43. The number of carbonyl (C=O) groups excluding carboxylic acids is 2. The van der Waals surface area contributed by atoms with Crippen molar-refractivity contribution in [2.45, 2.75) is 64.5 Å². The van der Waals surface area contributed by atoms with Crippen LogP contribution < -0.4 is 9.47 Å². The fourth-order valence-corrected chi connectivity index (χ4v) is 6.45. The predicted octanol–water partition coefficient (Wildman–Crippen LogP) is 4.36. The number of amides is 2. The summed E-state index contributed by atoms with van der Waals surface area (Å²) in [4.78, 5) is 45.3. The van der Waals surface area contributed by atoms with Crippen LogP contribution in [0.25, 0.3) is 0 Å². The number of hydrogen-bond donors (Lipinski definition) is 1. The molecule has 0 aliphatic carbocycles. The van der Waals surface area contributed by atoms with E-state index >= 15 is 0 Å². The molecule has 41 heavy (non-hydrogen) atoms. The maximum Gasteiger partial charge on any atom is 0.308 e. The van der Waals surface area contributed by atoms with Gasteiger partial charge in [0.25, 0.3) is 5.91 Å². The van der Waals surface area contributed by atoms with E-state index in [0.29, 0.717) is 56.2 Å². The van der Waals surface area contributed by atoms with Crippen LogP contribution in [-0.4, -0.2) is 83.1 Å². The average Bonchev–Trinajstić information content (AvgIpc) is 3.67. The summed E-state index contributed by atoms with van der Waals surface area (Å²) in [6.45, 7) is 7.35. The van der Waals surface area contributed by atoms with Crippen LogP contribution in [0, 0.1) is 5.92 Å². The van der Waals surface area contributed by atoms with E-state index in [0.717, 1.165) is 36.8 Å². The number of carbonyl (C=O) groups is 3. The minimum absolute atomic E-state index is 0.0225. The molecule has 3 heterocycles. The fourth-order valence-electron chi connectivity index (χ4n) is 6.45. The smallest absolute Gasteiger partial charge is 0.308 e. The lowest BCUT2D eigenvalue weighted by molar-refractivity contribution is -0.144. The van der Waals surface area contributed by atoms with Crippen molar-refractivity contribution in [2.24, 2.45) is 5.92 Å². The minimum Gasteiger partial charge on any atom is -0.481 e. The van der Waals surface area contributed by atoms with E-state index in [1.807, 2.05) is 47.4 Å². The highest BCUT2D eigenvalue weighted by Gasteiger charge is 2.47. The molecule has 0 bridgehead atoms. The molecule has 0 saturated carbocycles. The van der Waals surface area contributed by atoms with Crippen molar-refractivity contribution in [3.05, 3.63) is 59.2 Å². The summed E-state index contributed by atoms with van der Waals surface area (Å²) >= 11 is 0. The molecule has 220 valence electrons. The molecule has 3 unspecified atom stereocenters. The summed E-state index contributed by atoms with van der Waals surface area (Å²) in [6, 6.07) is 12.8. The Balaban J connectivity index is 1.39. The molecule has 5 rings (SSSR count). The predicted molar refractivity (Wildman–Crippen MR) is 154 cm³/mol. The third-order valence-corrected chi connectivity index (χ3v) is 8.70. The Bertz CT molecular complexity index is 1260. The van der Waals surface area contributed by atoms with Crippen molar-refractivity contribution < 1.29 is 29.0 Å². The number of likely N-dealkylation sites (tertiary alicyclic amines) is 1. The Morgan fingerprint density at radius 1 is 1.02 bits per heavy atom. The van der Waals surface area contributed by atoms with Gasteiger partial charge in [-0.1, -0.05) is 51.0 Å². The second-order valence-corrected chi connectivity index (χ2v) is 11.3. The van der Waals surface area contributed by atoms with Gasteiger partial charge >= 0.3 is 5.97 Å². The summed E-state index contributed by atoms with van der Waals surface area (Å²) in [6.07, 6.45) is 4.35. The zero-order valence-electron chi connectivity index (χ0n) is 24.1. The number of unbranched alkanes of at least 4 members (excludes halogenated alkanes) is 2. The van der Waals surface area contributed by atoms with Gasteiger partial charge in [-0.15, -0.1) is 0 Å². The number of rotatable bonds is 13. The summed E-state index contributed by atoms with van der Waals surface area (Å²) < 4.78 is 11.1. The van der Waals surface area contributed by atoms with E-state index < -0.39 is 17.9 Å². The average molecular weight is 564 g/mol. The van der Waals surface area contributed by atoms with Gasteiger partial charge in [-0.25, -0.2) is 0 Å². The van der Waals surface area contributed by atoms with Crippen LogP contribution >= 0.6 is 0 Å². The van der Waals surface area contributed by atoms with Crippen LogP contribution in [0.2, 0.25) is 0 Å². The molecule has 1 saturated heterocycles. The molecule has 2 amide bonds. The normalized spacial score (nSPS) is 21.4. The van der Waals surface area contributed by atoms with Gasteiger partial charge in [-0.2, -0.15) is 0 Å². The number of carboxylic acid groups (broad SMARTS) is 1. The lowest BCUT2D eigenvalue weighted by atomic mass is 9.84. The first-order valence-corrected chi connectivity index (χ1v) is 14.9. The first-order chi connectivity index (χ1) is 19.9. The van der Waals surface area contributed by atoms with Crippen molar-refractivity contribution in [1.29, 1.82) is 0 Å². The van der Waals surface area contributed by atoms with Crippen LogP contribution in [0.5, 0.6) is 11.5 Å². The van der Waals surface area contributed by atoms with Gasteiger partial charge in [0.05, 0.1) is 12.5 Å². The maximum absolute atomic E-state index is 13.6. The van der Waals surface area contributed by atoms with Crippen molar-refractivity contribution in [3.8, 4) is 11.5 Å². The van der Waals surface area contributed by atoms with Crippen molar-refractivity contribution in [3.63, 3.8) is 0 Å². The van der Waals surface area contributed by atoms with E-state index in [9.17, 15) is 19.5 Å². The summed E-state index contributed by atoms with van der Waals surface area (Å²) in [5.41, 5.74) is 2.56. The number of hydrogen-bond acceptors (Lipinski definition) is 6. The Labute approximate surface area is 242 Å². The monoisotopic (exact) mass is 563 g/mol. The van der Waals surface area contributed by atoms with Crippen LogP contribution in [0.15, 0.2) is 42.5 Å². The number of benzene rings is 2. The van der Waals surface area contributed by atoms with Gasteiger partial charge in [0.1, 0.15) is 0 Å². The van der Waals surface area contributed by atoms with Gasteiger partial charge in [-0.05, 0) is 48.6 Å². The van der Waals surface area contributed by atoms with E-state index in [4.69, 9.17) is 9.47 Å². The molecule has 1 N–H and O–H groups in total. The summed E-state index contributed by atoms with van der Waals surface area (Å²) in [5, 5.41) is 10.5. The highest BCUT2D eigenvalue weighted by molar-refractivity contribution is 5.98. The second kappa shape index (κ2) is 12.9. The van der Waals surface area contributed by atoms with Gasteiger partial charge in [-0.3, -0.25) is 19.3 Å². The second-order valence-electron chi connectivity index (χ2n) is 11.3. The zero-order chi connectivity index (χ0) is 28.9. The summed E-state index contributed by atoms with van der Waals surface area (Å²) in [5.74, 6) is -0.672. The van der Waals surface area contributed by atoms with Gasteiger partial charge in [0.15, 0.2) is 11.5 Å². The highest BCUT2D eigenvalue weighted by atomic mass is 16.7. The van der Waals surface area contributed by atoms with E-state index in [1.165, 1.54) is 0 Å². The molecular weight excluding hydrogens is 522 g/mol. The number of aliphatic carboxylic acids is 1. The maximum atomic E-state index is 13.6. The van der Waals surface area contributed by atoms with Gasteiger partial charge in [0.2, 0.25) is 12.7 Å². The molecule has 0 aromatic heterocycles. The molecule has 0 spiro atoms. The van der Waals surface area contributed by atoms with E-state index in [1.54, 1.807) is 4.90 Å². The van der Waals surface area contributed by atoms with Crippen LogP contribution in [0.4, 0.5) is 0 Å². The molecule has 9 nitrogen and oxygen atoms in total. The molecule has 3 aliphatic heterocycles. The molecule has 0 radical (unpaired) electrons. The largest absolute Gasteiger partial charge is 0.481 e. The number of nitrogens with zero attached hydrogens (tertiary/aromatic N) is 3. The first kappa shape index (κ1) is 28.9. The van der Waals surface area contributed by atoms with E-state index in [2.05, 4.69) is 18.7 Å². The minimum atomic E-state index is -0.891.